The van der Waals surface area contributed by atoms with E-state index in [2.05, 4.69) is 15.6 Å². The average molecular weight is 372 g/mol. The molecule has 3 rings (SSSR count). The van der Waals surface area contributed by atoms with Gasteiger partial charge in [-0.25, -0.2) is 4.98 Å². The number of carbonyl (C=O) groups is 2. The summed E-state index contributed by atoms with van der Waals surface area (Å²) in [5, 5.41) is 6.14. The highest BCUT2D eigenvalue weighted by atomic mass is 32.2. The van der Waals surface area contributed by atoms with Crippen molar-refractivity contribution in [2.24, 2.45) is 5.41 Å². The van der Waals surface area contributed by atoms with Gasteiger partial charge in [-0.15, -0.1) is 0 Å². The van der Waals surface area contributed by atoms with Gasteiger partial charge >= 0.3 is 0 Å². The smallest absolute Gasteiger partial charge is 0.267 e. The second-order valence-electron chi connectivity index (χ2n) is 7.00. The fourth-order valence-electron chi connectivity index (χ4n) is 2.37. The molecular weight excluding hydrogens is 352 g/mol. The van der Waals surface area contributed by atoms with Gasteiger partial charge in [-0.05, 0) is 18.2 Å². The van der Waals surface area contributed by atoms with Gasteiger partial charge in [0.25, 0.3) is 11.5 Å². The van der Waals surface area contributed by atoms with Crippen LogP contribution in [0.4, 0.5) is 11.4 Å². The van der Waals surface area contributed by atoms with Crippen LogP contribution >= 0.6 is 11.8 Å². The monoisotopic (exact) mass is 372 g/mol. The molecule has 0 saturated carbocycles. The summed E-state index contributed by atoms with van der Waals surface area (Å²) in [4.78, 5) is 41.1. The lowest BCUT2D eigenvalue weighted by atomic mass is 9.95. The van der Waals surface area contributed by atoms with Crippen molar-refractivity contribution >= 4 is 35.0 Å². The maximum Gasteiger partial charge on any atom is 0.267 e. The molecule has 1 aromatic heterocycles. The summed E-state index contributed by atoms with van der Waals surface area (Å²) in [6.45, 7) is 6.02. The van der Waals surface area contributed by atoms with Gasteiger partial charge in [-0.2, -0.15) is 0 Å². The molecule has 2 amide bonds. The van der Waals surface area contributed by atoms with Gasteiger partial charge in [0.2, 0.25) is 5.91 Å². The molecule has 136 valence electrons. The van der Waals surface area contributed by atoms with E-state index >= 15 is 0 Å². The lowest BCUT2D eigenvalue weighted by molar-refractivity contribution is -0.123. The minimum atomic E-state index is -0.526. The molecule has 8 heteroatoms. The number of amides is 2. The predicted molar refractivity (Wildman–Crippen MR) is 102 cm³/mol. The maximum atomic E-state index is 12.5. The van der Waals surface area contributed by atoms with Crippen molar-refractivity contribution in [1.29, 1.82) is 0 Å². The number of benzene rings is 1. The Hall–Kier alpha value is -2.61. The van der Waals surface area contributed by atoms with Crippen LogP contribution in [0, 0.1) is 5.41 Å². The normalized spacial score (nSPS) is 13.2. The van der Waals surface area contributed by atoms with Crippen molar-refractivity contribution in [3.8, 4) is 0 Å². The molecule has 0 spiro atoms. The summed E-state index contributed by atoms with van der Waals surface area (Å²) in [6, 6.07) is 6.80. The summed E-state index contributed by atoms with van der Waals surface area (Å²) in [5.74, 6) is 0.136. The minimum Gasteiger partial charge on any atom is -0.326 e. The topological polar surface area (TPSA) is 93.1 Å². The number of rotatable bonds is 3. The Morgan fingerprint density at radius 3 is 2.58 bits per heavy atom. The highest BCUT2D eigenvalue weighted by molar-refractivity contribution is 7.99. The van der Waals surface area contributed by atoms with E-state index < -0.39 is 11.3 Å². The van der Waals surface area contributed by atoms with E-state index in [0.29, 0.717) is 23.1 Å². The van der Waals surface area contributed by atoms with E-state index in [4.69, 9.17) is 0 Å². The van der Waals surface area contributed by atoms with E-state index in [1.165, 1.54) is 22.5 Å². The Bertz CT molecular complexity index is 931. The molecule has 26 heavy (non-hydrogen) atoms. The maximum absolute atomic E-state index is 12.5. The predicted octanol–water partition coefficient (Wildman–Crippen LogP) is 2.59. The standard InChI is InChI=1S/C18H20N4O3S/c1-18(2,3)16(25)21-12-6-4-5-11(9-12)20-14(23)13-10-19-17-22(15(13)24)7-8-26-17/h4-6,9-10H,7-8H2,1-3H3,(H,20,23)(H,21,25). The third-order valence-electron chi connectivity index (χ3n) is 3.86. The first-order valence-corrected chi connectivity index (χ1v) is 9.20. The van der Waals surface area contributed by atoms with E-state index in [1.54, 1.807) is 24.3 Å². The number of nitrogens with zero attached hydrogens (tertiary/aromatic N) is 2. The summed E-state index contributed by atoms with van der Waals surface area (Å²) < 4.78 is 1.51. The zero-order valence-corrected chi connectivity index (χ0v) is 15.6. The van der Waals surface area contributed by atoms with Gasteiger partial charge in [0.15, 0.2) is 5.16 Å². The first kappa shape index (κ1) is 18.2. The Labute approximate surface area is 155 Å². The van der Waals surface area contributed by atoms with E-state index in [0.717, 1.165) is 5.75 Å². The van der Waals surface area contributed by atoms with Gasteiger partial charge in [0.05, 0.1) is 0 Å². The van der Waals surface area contributed by atoms with Gasteiger partial charge in [0, 0.05) is 35.3 Å². The molecule has 0 saturated heterocycles. The van der Waals surface area contributed by atoms with E-state index in [-0.39, 0.29) is 17.0 Å². The van der Waals surface area contributed by atoms with Crippen LogP contribution in [-0.4, -0.2) is 27.1 Å². The van der Waals surface area contributed by atoms with Crippen molar-refractivity contribution < 1.29 is 9.59 Å². The zero-order chi connectivity index (χ0) is 18.9. The number of nitrogens with one attached hydrogen (secondary N) is 2. The fourth-order valence-corrected chi connectivity index (χ4v) is 3.28. The van der Waals surface area contributed by atoms with Crippen molar-refractivity contribution in [3.63, 3.8) is 0 Å². The largest absolute Gasteiger partial charge is 0.326 e. The molecule has 0 aliphatic carbocycles. The Morgan fingerprint density at radius 2 is 1.88 bits per heavy atom. The SMILES string of the molecule is CC(C)(C)C(=O)Nc1cccc(NC(=O)c2cnc3n(c2=O)CCS3)c1. The van der Waals surface area contributed by atoms with Crippen molar-refractivity contribution in [3.05, 3.63) is 46.4 Å². The van der Waals surface area contributed by atoms with Crippen LogP contribution in [0.2, 0.25) is 0 Å². The van der Waals surface area contributed by atoms with E-state index in [1.807, 2.05) is 20.8 Å². The Kier molecular flexibility index (Phi) is 4.86. The summed E-state index contributed by atoms with van der Waals surface area (Å²) in [7, 11) is 0. The van der Waals surface area contributed by atoms with Crippen LogP contribution in [0.3, 0.4) is 0 Å². The molecule has 1 aromatic carbocycles. The van der Waals surface area contributed by atoms with Crippen molar-refractivity contribution in [2.45, 2.75) is 32.5 Å². The van der Waals surface area contributed by atoms with Gasteiger partial charge in [-0.1, -0.05) is 38.6 Å². The molecule has 2 aromatic rings. The van der Waals surface area contributed by atoms with Crippen LogP contribution in [-0.2, 0) is 11.3 Å². The number of carbonyl (C=O) groups excluding carboxylic acids is 2. The molecule has 2 N–H and O–H groups in total. The Balaban J connectivity index is 1.77. The van der Waals surface area contributed by atoms with Crippen LogP contribution in [0.5, 0.6) is 0 Å². The molecule has 1 aliphatic heterocycles. The molecular formula is C18H20N4O3S. The number of fused-ring (bicyclic) bond motifs is 1. The van der Waals surface area contributed by atoms with Crippen molar-refractivity contribution in [2.75, 3.05) is 16.4 Å². The van der Waals surface area contributed by atoms with E-state index in [9.17, 15) is 14.4 Å². The van der Waals surface area contributed by atoms with Crippen LogP contribution in [0.15, 0.2) is 40.4 Å². The number of hydrogen-bond donors (Lipinski definition) is 2. The Morgan fingerprint density at radius 1 is 1.19 bits per heavy atom. The lowest BCUT2D eigenvalue weighted by Gasteiger charge is -2.18. The highest BCUT2D eigenvalue weighted by Gasteiger charge is 2.22. The first-order chi connectivity index (χ1) is 12.3. The number of aromatic nitrogens is 2. The molecule has 2 heterocycles. The quantitative estimate of drug-likeness (QED) is 0.808. The molecule has 1 aliphatic rings. The lowest BCUT2D eigenvalue weighted by Crippen LogP contribution is -2.29. The molecule has 0 radical (unpaired) electrons. The third-order valence-corrected chi connectivity index (χ3v) is 4.83. The third kappa shape index (κ3) is 3.80. The van der Waals surface area contributed by atoms with Gasteiger partial charge in [0.1, 0.15) is 5.56 Å². The van der Waals surface area contributed by atoms with Crippen LogP contribution in [0.1, 0.15) is 31.1 Å². The second-order valence-corrected chi connectivity index (χ2v) is 8.06. The highest BCUT2D eigenvalue weighted by Crippen LogP contribution is 2.22. The number of hydrogen-bond acceptors (Lipinski definition) is 5. The molecule has 0 fully saturated rings. The van der Waals surface area contributed by atoms with Crippen LogP contribution < -0.4 is 16.2 Å². The minimum absolute atomic E-state index is 0.000352. The first-order valence-electron chi connectivity index (χ1n) is 8.21. The number of anilines is 2. The fraction of sp³-hybridized carbons (Fsp3) is 0.333. The summed E-state index contributed by atoms with van der Waals surface area (Å²) in [6.07, 6.45) is 1.31. The summed E-state index contributed by atoms with van der Waals surface area (Å²) >= 11 is 1.50. The molecule has 0 unspecified atom stereocenters. The second kappa shape index (κ2) is 6.95. The molecule has 7 nitrogen and oxygen atoms in total. The zero-order valence-electron chi connectivity index (χ0n) is 14.8. The van der Waals surface area contributed by atoms with Gasteiger partial charge in [-0.3, -0.25) is 19.0 Å². The van der Waals surface area contributed by atoms with Gasteiger partial charge < -0.3 is 10.6 Å². The summed E-state index contributed by atoms with van der Waals surface area (Å²) in [5.41, 5.74) is 0.196. The molecule has 0 atom stereocenters. The van der Waals surface area contributed by atoms with Crippen LogP contribution in [0.25, 0.3) is 0 Å². The molecule has 0 bridgehead atoms. The number of thioether (sulfide) groups is 1. The van der Waals surface area contributed by atoms with Crippen molar-refractivity contribution in [1.82, 2.24) is 9.55 Å². The average Bonchev–Trinajstić information content (AvgIpc) is 3.04.